The molecule has 2 atom stereocenters. The van der Waals surface area contributed by atoms with Crippen LogP contribution in [0.1, 0.15) is 59.8 Å². The van der Waals surface area contributed by atoms with Crippen molar-refractivity contribution in [2.24, 2.45) is 11.3 Å². The molecule has 1 aliphatic carbocycles. The van der Waals surface area contributed by atoms with Crippen molar-refractivity contribution in [2.75, 3.05) is 0 Å². The van der Waals surface area contributed by atoms with Crippen LogP contribution in [-0.2, 0) is 0 Å². The van der Waals surface area contributed by atoms with Crippen LogP contribution in [-0.4, -0.2) is 10.7 Å². The van der Waals surface area contributed by atoms with Gasteiger partial charge < -0.3 is 5.11 Å². The van der Waals surface area contributed by atoms with Gasteiger partial charge in [-0.15, -0.1) is 0 Å². The third kappa shape index (κ3) is 2.98. The van der Waals surface area contributed by atoms with E-state index in [0.29, 0.717) is 11.3 Å². The van der Waals surface area contributed by atoms with Gasteiger partial charge in [0.1, 0.15) is 0 Å². The van der Waals surface area contributed by atoms with Gasteiger partial charge in [-0.25, -0.2) is 0 Å². The molecule has 1 nitrogen and oxygen atoms in total. The van der Waals surface area contributed by atoms with E-state index in [2.05, 4.69) is 27.7 Å². The number of rotatable bonds is 2. The molecule has 1 heteroatoms. The summed E-state index contributed by atoms with van der Waals surface area (Å²) in [6, 6.07) is 0. The molecule has 0 bridgehead atoms. The van der Waals surface area contributed by atoms with E-state index >= 15 is 0 Å². The fourth-order valence-corrected chi connectivity index (χ4v) is 3.36. The smallest absolute Gasteiger partial charge is 0.0655 e. The van der Waals surface area contributed by atoms with Gasteiger partial charge in [-0.2, -0.15) is 0 Å². The molecule has 0 aromatic rings. The van der Waals surface area contributed by atoms with Crippen LogP contribution in [0.15, 0.2) is 0 Å². The van der Waals surface area contributed by atoms with Gasteiger partial charge in [-0.1, -0.05) is 34.1 Å². The molecule has 1 rings (SSSR count). The molecular formula is C12H24O. The molecule has 78 valence electrons. The first-order chi connectivity index (χ1) is 5.87. The molecule has 1 fully saturated rings. The van der Waals surface area contributed by atoms with E-state index in [4.69, 9.17) is 0 Å². The largest absolute Gasteiger partial charge is 0.390 e. The molecule has 1 saturated carbocycles. The van der Waals surface area contributed by atoms with Gasteiger partial charge >= 0.3 is 0 Å². The van der Waals surface area contributed by atoms with Crippen molar-refractivity contribution >= 4 is 0 Å². The first kappa shape index (κ1) is 11.0. The summed E-state index contributed by atoms with van der Waals surface area (Å²) in [5, 5.41) is 10.4. The maximum atomic E-state index is 10.4. The highest BCUT2D eigenvalue weighted by molar-refractivity contribution is 4.92. The Morgan fingerprint density at radius 1 is 1.31 bits per heavy atom. The second-order valence-corrected chi connectivity index (χ2v) is 5.83. The maximum Gasteiger partial charge on any atom is 0.0655 e. The standard InChI is InChI=1S/C12H24O/c1-5-6-12(13)8-10(2)7-11(3,4)9-12/h10,13H,5-9H2,1-4H3/t10?,12-/m0/s1. The molecule has 0 radical (unpaired) electrons. The van der Waals surface area contributed by atoms with Crippen LogP contribution in [0, 0.1) is 11.3 Å². The highest BCUT2D eigenvalue weighted by atomic mass is 16.3. The van der Waals surface area contributed by atoms with Gasteiger partial charge in [0.25, 0.3) is 0 Å². The third-order valence-corrected chi connectivity index (χ3v) is 3.15. The van der Waals surface area contributed by atoms with Gasteiger partial charge in [0, 0.05) is 0 Å². The molecule has 1 N–H and O–H groups in total. The van der Waals surface area contributed by atoms with E-state index in [-0.39, 0.29) is 5.60 Å². The van der Waals surface area contributed by atoms with Crippen LogP contribution in [0.4, 0.5) is 0 Å². The Morgan fingerprint density at radius 3 is 2.38 bits per heavy atom. The van der Waals surface area contributed by atoms with Crippen molar-refractivity contribution in [3.8, 4) is 0 Å². The Balaban J connectivity index is 2.66. The van der Waals surface area contributed by atoms with Crippen LogP contribution in [0.3, 0.4) is 0 Å². The average molecular weight is 184 g/mol. The highest BCUT2D eigenvalue weighted by Gasteiger charge is 2.40. The fraction of sp³-hybridized carbons (Fsp3) is 1.00. The summed E-state index contributed by atoms with van der Waals surface area (Å²) in [6.45, 7) is 8.98. The van der Waals surface area contributed by atoms with Gasteiger partial charge in [0.15, 0.2) is 0 Å². The number of aliphatic hydroxyl groups is 1. The summed E-state index contributed by atoms with van der Waals surface area (Å²) in [7, 11) is 0. The molecule has 1 unspecified atom stereocenters. The van der Waals surface area contributed by atoms with E-state index < -0.39 is 0 Å². The van der Waals surface area contributed by atoms with E-state index in [1.807, 2.05) is 0 Å². The SMILES string of the molecule is CCC[C@]1(O)CC(C)CC(C)(C)C1. The lowest BCUT2D eigenvalue weighted by Gasteiger charge is -2.44. The van der Waals surface area contributed by atoms with E-state index in [9.17, 15) is 5.11 Å². The lowest BCUT2D eigenvalue weighted by molar-refractivity contribution is -0.0639. The number of hydrogen-bond donors (Lipinski definition) is 1. The van der Waals surface area contributed by atoms with Gasteiger partial charge in [-0.3, -0.25) is 0 Å². The van der Waals surface area contributed by atoms with Crippen LogP contribution in [0.2, 0.25) is 0 Å². The first-order valence-corrected chi connectivity index (χ1v) is 5.59. The predicted molar refractivity (Wildman–Crippen MR) is 56.7 cm³/mol. The fourth-order valence-electron chi connectivity index (χ4n) is 3.36. The molecular weight excluding hydrogens is 160 g/mol. The minimum absolute atomic E-state index is 0.335. The van der Waals surface area contributed by atoms with Gasteiger partial charge in [0.05, 0.1) is 5.60 Å². The van der Waals surface area contributed by atoms with Gasteiger partial charge in [-0.05, 0) is 37.0 Å². The molecule has 0 aliphatic heterocycles. The molecule has 0 aromatic heterocycles. The van der Waals surface area contributed by atoms with Crippen LogP contribution < -0.4 is 0 Å². The zero-order valence-corrected chi connectivity index (χ0v) is 9.56. The average Bonchev–Trinajstić information content (AvgIpc) is 1.78. The summed E-state index contributed by atoms with van der Waals surface area (Å²) in [6.07, 6.45) is 5.32. The molecule has 0 aromatic carbocycles. The summed E-state index contributed by atoms with van der Waals surface area (Å²) < 4.78 is 0. The minimum Gasteiger partial charge on any atom is -0.390 e. The second kappa shape index (κ2) is 3.61. The summed E-state index contributed by atoms with van der Waals surface area (Å²) in [5.41, 5.74) is -0.0303. The van der Waals surface area contributed by atoms with Crippen LogP contribution >= 0.6 is 0 Å². The van der Waals surface area contributed by atoms with E-state index in [0.717, 1.165) is 25.7 Å². The zero-order chi connectivity index (χ0) is 10.1. The van der Waals surface area contributed by atoms with Crippen LogP contribution in [0.25, 0.3) is 0 Å². The summed E-state index contributed by atoms with van der Waals surface area (Å²) in [5.74, 6) is 0.681. The summed E-state index contributed by atoms with van der Waals surface area (Å²) in [4.78, 5) is 0. The van der Waals surface area contributed by atoms with Crippen molar-refractivity contribution in [1.82, 2.24) is 0 Å². The first-order valence-electron chi connectivity index (χ1n) is 5.59. The minimum atomic E-state index is -0.365. The Bertz CT molecular complexity index is 174. The number of hydrogen-bond acceptors (Lipinski definition) is 1. The molecule has 1 aliphatic rings. The maximum absolute atomic E-state index is 10.4. The van der Waals surface area contributed by atoms with Gasteiger partial charge in [0.2, 0.25) is 0 Å². The Hall–Kier alpha value is -0.0400. The normalized spacial score (nSPS) is 39.0. The quantitative estimate of drug-likeness (QED) is 0.697. The Labute approximate surface area is 82.5 Å². The Morgan fingerprint density at radius 2 is 1.92 bits per heavy atom. The zero-order valence-electron chi connectivity index (χ0n) is 9.56. The van der Waals surface area contributed by atoms with Crippen molar-refractivity contribution in [3.63, 3.8) is 0 Å². The molecule has 0 heterocycles. The molecule has 13 heavy (non-hydrogen) atoms. The van der Waals surface area contributed by atoms with E-state index in [1.54, 1.807) is 0 Å². The second-order valence-electron chi connectivity index (χ2n) is 5.83. The molecule has 0 saturated heterocycles. The Kier molecular flexibility index (Phi) is 3.06. The summed E-state index contributed by atoms with van der Waals surface area (Å²) >= 11 is 0. The van der Waals surface area contributed by atoms with Crippen molar-refractivity contribution in [1.29, 1.82) is 0 Å². The third-order valence-electron chi connectivity index (χ3n) is 3.15. The van der Waals surface area contributed by atoms with Crippen molar-refractivity contribution in [3.05, 3.63) is 0 Å². The van der Waals surface area contributed by atoms with Crippen molar-refractivity contribution in [2.45, 2.75) is 65.4 Å². The topological polar surface area (TPSA) is 20.2 Å². The molecule has 0 amide bonds. The monoisotopic (exact) mass is 184 g/mol. The highest BCUT2D eigenvalue weighted by Crippen LogP contribution is 2.45. The van der Waals surface area contributed by atoms with Crippen LogP contribution in [0.5, 0.6) is 0 Å². The van der Waals surface area contributed by atoms with E-state index in [1.165, 1.54) is 6.42 Å². The predicted octanol–water partition coefficient (Wildman–Crippen LogP) is 3.36. The molecule has 0 spiro atoms. The lowest BCUT2D eigenvalue weighted by atomic mass is 9.65. The van der Waals surface area contributed by atoms with Crippen molar-refractivity contribution < 1.29 is 5.11 Å². The lowest BCUT2D eigenvalue weighted by Crippen LogP contribution is -2.41.